The third kappa shape index (κ3) is 3.62. The predicted octanol–water partition coefficient (Wildman–Crippen LogP) is 1.59. The molecule has 18 heavy (non-hydrogen) atoms. The fraction of sp³-hybridized carbons (Fsp3) is 0.231. The number of benzene rings is 1. The van der Waals surface area contributed by atoms with E-state index in [-0.39, 0.29) is 6.10 Å². The molecule has 2 aromatic rings. The van der Waals surface area contributed by atoms with Crippen molar-refractivity contribution in [1.82, 2.24) is 9.55 Å². The average molecular weight is 245 g/mol. The molecular weight excluding hydrogens is 230 g/mol. The van der Waals surface area contributed by atoms with Crippen molar-refractivity contribution in [1.29, 1.82) is 0 Å². The summed E-state index contributed by atoms with van der Waals surface area (Å²) in [4.78, 5) is 14.9. The van der Waals surface area contributed by atoms with Crippen LogP contribution < -0.4 is 5.73 Å². The van der Waals surface area contributed by atoms with Gasteiger partial charge in [-0.25, -0.2) is 9.78 Å². The summed E-state index contributed by atoms with van der Waals surface area (Å²) in [7, 11) is 0. The van der Waals surface area contributed by atoms with Crippen molar-refractivity contribution in [2.24, 2.45) is 5.73 Å². The van der Waals surface area contributed by atoms with Crippen LogP contribution >= 0.6 is 0 Å². The first-order valence-corrected chi connectivity index (χ1v) is 5.70. The molecule has 1 unspecified atom stereocenters. The number of carbonyl (C=O) groups excluding carboxylic acids is 1. The van der Waals surface area contributed by atoms with Crippen LogP contribution in [-0.2, 0) is 17.7 Å². The molecule has 94 valence electrons. The highest BCUT2D eigenvalue weighted by Crippen LogP contribution is 2.08. The topological polar surface area (TPSA) is 70.1 Å². The molecule has 1 atom stereocenters. The van der Waals surface area contributed by atoms with Crippen LogP contribution in [0.5, 0.6) is 0 Å². The van der Waals surface area contributed by atoms with Crippen LogP contribution in [0.4, 0.5) is 4.79 Å². The number of nitrogens with two attached hydrogens (primary N) is 1. The summed E-state index contributed by atoms with van der Waals surface area (Å²) < 4.78 is 6.98. The van der Waals surface area contributed by atoms with Crippen LogP contribution in [0.25, 0.3) is 0 Å². The van der Waals surface area contributed by atoms with Gasteiger partial charge in [-0.3, -0.25) is 0 Å². The van der Waals surface area contributed by atoms with Crippen molar-refractivity contribution in [3.05, 3.63) is 54.6 Å². The number of hydrogen-bond acceptors (Lipinski definition) is 3. The van der Waals surface area contributed by atoms with Crippen molar-refractivity contribution in [3.63, 3.8) is 0 Å². The Morgan fingerprint density at radius 1 is 1.39 bits per heavy atom. The normalized spacial score (nSPS) is 12.0. The number of aromatic nitrogens is 2. The molecule has 0 radical (unpaired) electrons. The van der Waals surface area contributed by atoms with Gasteiger partial charge < -0.3 is 15.0 Å². The Bertz CT molecular complexity index is 482. The van der Waals surface area contributed by atoms with Crippen LogP contribution in [0, 0.1) is 0 Å². The molecule has 2 N–H and O–H groups in total. The molecule has 5 nitrogen and oxygen atoms in total. The second-order valence-corrected chi connectivity index (χ2v) is 4.01. The van der Waals surface area contributed by atoms with E-state index in [1.54, 1.807) is 12.5 Å². The van der Waals surface area contributed by atoms with E-state index in [1.807, 2.05) is 41.1 Å². The van der Waals surface area contributed by atoms with Crippen LogP contribution in [0.3, 0.4) is 0 Å². The first-order valence-electron chi connectivity index (χ1n) is 5.70. The van der Waals surface area contributed by atoms with Gasteiger partial charge in [-0.2, -0.15) is 0 Å². The van der Waals surface area contributed by atoms with Crippen molar-refractivity contribution in [3.8, 4) is 0 Å². The molecule has 0 spiro atoms. The molecule has 2 rings (SSSR count). The fourth-order valence-corrected chi connectivity index (χ4v) is 1.81. The molecule has 1 heterocycles. The lowest BCUT2D eigenvalue weighted by Crippen LogP contribution is -2.28. The van der Waals surface area contributed by atoms with Gasteiger partial charge in [0.15, 0.2) is 0 Å². The van der Waals surface area contributed by atoms with Crippen LogP contribution in [-0.4, -0.2) is 21.7 Å². The van der Waals surface area contributed by atoms with Crippen molar-refractivity contribution < 1.29 is 9.53 Å². The maximum atomic E-state index is 10.9. The summed E-state index contributed by atoms with van der Waals surface area (Å²) in [6, 6.07) is 9.83. The number of carbonyl (C=O) groups is 1. The number of ether oxygens (including phenoxy) is 1. The maximum Gasteiger partial charge on any atom is 0.404 e. The summed E-state index contributed by atoms with van der Waals surface area (Å²) in [6.45, 7) is 0.540. The SMILES string of the molecule is NC(=O)OC(Cc1ccccc1)Cn1ccnc1. The average Bonchev–Trinajstić information content (AvgIpc) is 2.82. The van der Waals surface area contributed by atoms with Gasteiger partial charge in [-0.1, -0.05) is 30.3 Å². The Morgan fingerprint density at radius 3 is 2.78 bits per heavy atom. The highest BCUT2D eigenvalue weighted by atomic mass is 16.6. The third-order valence-corrected chi connectivity index (χ3v) is 2.56. The van der Waals surface area contributed by atoms with Gasteiger partial charge in [0.05, 0.1) is 12.9 Å². The van der Waals surface area contributed by atoms with Crippen molar-refractivity contribution in [2.45, 2.75) is 19.1 Å². The van der Waals surface area contributed by atoms with Gasteiger partial charge in [-0.15, -0.1) is 0 Å². The van der Waals surface area contributed by atoms with Gasteiger partial charge in [0.2, 0.25) is 0 Å². The van der Waals surface area contributed by atoms with E-state index in [9.17, 15) is 4.79 Å². The number of hydrogen-bond donors (Lipinski definition) is 1. The monoisotopic (exact) mass is 245 g/mol. The first-order chi connectivity index (χ1) is 8.74. The predicted molar refractivity (Wildman–Crippen MR) is 66.8 cm³/mol. The quantitative estimate of drug-likeness (QED) is 0.869. The minimum Gasteiger partial charge on any atom is -0.444 e. The zero-order chi connectivity index (χ0) is 12.8. The van der Waals surface area contributed by atoms with E-state index in [0.717, 1.165) is 5.56 Å². The summed E-state index contributed by atoms with van der Waals surface area (Å²) in [6.07, 6.45) is 4.77. The van der Waals surface area contributed by atoms with Crippen molar-refractivity contribution >= 4 is 6.09 Å². The number of amides is 1. The van der Waals surface area contributed by atoms with E-state index >= 15 is 0 Å². The number of nitrogens with zero attached hydrogens (tertiary/aromatic N) is 2. The highest BCUT2D eigenvalue weighted by Gasteiger charge is 2.14. The summed E-state index contributed by atoms with van der Waals surface area (Å²) >= 11 is 0. The van der Waals surface area contributed by atoms with Crippen LogP contribution in [0.15, 0.2) is 49.1 Å². The molecule has 5 heteroatoms. The summed E-state index contributed by atoms with van der Waals surface area (Å²) in [5.41, 5.74) is 6.19. The number of primary amides is 1. The standard InChI is InChI=1S/C13H15N3O2/c14-13(17)18-12(9-16-7-6-15-10-16)8-11-4-2-1-3-5-11/h1-7,10,12H,8-9H2,(H2,14,17). The molecule has 1 aromatic carbocycles. The molecular formula is C13H15N3O2. The Labute approximate surface area is 105 Å². The second-order valence-electron chi connectivity index (χ2n) is 4.01. The lowest BCUT2D eigenvalue weighted by atomic mass is 10.1. The number of imidazole rings is 1. The largest absolute Gasteiger partial charge is 0.444 e. The van der Waals surface area contributed by atoms with Crippen LogP contribution in [0.1, 0.15) is 5.56 Å². The van der Waals surface area contributed by atoms with E-state index in [0.29, 0.717) is 13.0 Å². The number of rotatable bonds is 5. The van der Waals surface area contributed by atoms with E-state index < -0.39 is 6.09 Å². The molecule has 0 aliphatic rings. The van der Waals surface area contributed by atoms with Crippen molar-refractivity contribution in [2.75, 3.05) is 0 Å². The van der Waals surface area contributed by atoms with Gasteiger partial charge in [0.25, 0.3) is 0 Å². The molecule has 0 saturated heterocycles. The molecule has 0 saturated carbocycles. The smallest absolute Gasteiger partial charge is 0.404 e. The Kier molecular flexibility index (Phi) is 3.96. The lowest BCUT2D eigenvalue weighted by molar-refractivity contribution is 0.0957. The molecule has 0 bridgehead atoms. The van der Waals surface area contributed by atoms with Crippen LogP contribution in [0.2, 0.25) is 0 Å². The van der Waals surface area contributed by atoms with E-state index in [2.05, 4.69) is 4.98 Å². The van der Waals surface area contributed by atoms with Gasteiger partial charge in [0.1, 0.15) is 6.10 Å². The van der Waals surface area contributed by atoms with Gasteiger partial charge >= 0.3 is 6.09 Å². The minimum absolute atomic E-state index is 0.293. The lowest BCUT2D eigenvalue weighted by Gasteiger charge is -2.17. The zero-order valence-electron chi connectivity index (χ0n) is 9.90. The fourth-order valence-electron chi connectivity index (χ4n) is 1.81. The summed E-state index contributed by atoms with van der Waals surface area (Å²) in [5, 5.41) is 0. The van der Waals surface area contributed by atoms with E-state index in [4.69, 9.17) is 10.5 Å². The highest BCUT2D eigenvalue weighted by molar-refractivity contribution is 5.64. The third-order valence-electron chi connectivity index (χ3n) is 2.56. The second kappa shape index (κ2) is 5.86. The van der Waals surface area contributed by atoms with E-state index in [1.165, 1.54) is 0 Å². The first kappa shape index (κ1) is 12.2. The Balaban J connectivity index is 2.03. The molecule has 0 aliphatic heterocycles. The molecule has 1 amide bonds. The Morgan fingerprint density at radius 2 is 2.17 bits per heavy atom. The summed E-state index contributed by atoms with van der Waals surface area (Å²) in [5.74, 6) is 0. The minimum atomic E-state index is -0.754. The molecule has 0 aliphatic carbocycles. The van der Waals surface area contributed by atoms with Gasteiger partial charge in [0, 0.05) is 18.8 Å². The van der Waals surface area contributed by atoms with Gasteiger partial charge in [-0.05, 0) is 5.56 Å². The maximum absolute atomic E-state index is 10.9. The zero-order valence-corrected chi connectivity index (χ0v) is 9.90. The molecule has 0 fully saturated rings. The Hall–Kier alpha value is -2.30. The molecule has 1 aromatic heterocycles.